The Kier molecular flexibility index (Phi) is 3.56. The second-order valence-electron chi connectivity index (χ2n) is 5.85. The second kappa shape index (κ2) is 5.33. The number of rotatable bonds is 3. The summed E-state index contributed by atoms with van der Waals surface area (Å²) in [5.41, 5.74) is 3.46. The number of benzene rings is 1. The lowest BCUT2D eigenvalue weighted by Gasteiger charge is -2.31. The molecule has 1 aromatic carbocycles. The molecule has 0 bridgehead atoms. The van der Waals surface area contributed by atoms with Crippen LogP contribution in [0.5, 0.6) is 0 Å². The average molecular weight is 258 g/mol. The minimum absolute atomic E-state index is 0.200. The number of fused-ring (bicyclic) bond motifs is 1. The van der Waals surface area contributed by atoms with Gasteiger partial charge >= 0.3 is 0 Å². The number of amides is 1. The van der Waals surface area contributed by atoms with Gasteiger partial charge < -0.3 is 10.2 Å². The smallest absolute Gasteiger partial charge is 0.253 e. The van der Waals surface area contributed by atoms with Crippen molar-refractivity contribution in [1.29, 1.82) is 0 Å². The summed E-state index contributed by atoms with van der Waals surface area (Å²) < 4.78 is 0. The zero-order chi connectivity index (χ0) is 13.2. The van der Waals surface area contributed by atoms with E-state index in [4.69, 9.17) is 0 Å². The number of carbonyl (C=O) groups is 1. The molecule has 2 aliphatic rings. The maximum Gasteiger partial charge on any atom is 0.253 e. The minimum Gasteiger partial charge on any atom is -0.341 e. The Bertz CT molecular complexity index is 480. The van der Waals surface area contributed by atoms with Gasteiger partial charge in [0.2, 0.25) is 0 Å². The third kappa shape index (κ3) is 2.52. The van der Waals surface area contributed by atoms with Crippen LogP contribution in [0.1, 0.15) is 40.7 Å². The maximum absolute atomic E-state index is 12.6. The first-order chi connectivity index (χ1) is 9.25. The monoisotopic (exact) mass is 258 g/mol. The van der Waals surface area contributed by atoms with Crippen LogP contribution in [-0.4, -0.2) is 30.9 Å². The lowest BCUT2D eigenvalue weighted by molar-refractivity contribution is 0.0744. The van der Waals surface area contributed by atoms with E-state index in [2.05, 4.69) is 11.4 Å². The third-order valence-electron chi connectivity index (χ3n) is 4.47. The van der Waals surface area contributed by atoms with Crippen molar-refractivity contribution in [1.82, 2.24) is 10.2 Å². The Labute approximate surface area is 115 Å². The maximum atomic E-state index is 12.6. The highest BCUT2D eigenvalue weighted by Crippen LogP contribution is 2.27. The van der Waals surface area contributed by atoms with Gasteiger partial charge in [-0.2, -0.15) is 0 Å². The molecule has 102 valence electrons. The Balaban J connectivity index is 1.78. The van der Waals surface area contributed by atoms with Gasteiger partial charge in [0.25, 0.3) is 5.91 Å². The predicted molar refractivity (Wildman–Crippen MR) is 76.2 cm³/mol. The number of nitrogens with zero attached hydrogens (tertiary/aromatic N) is 1. The predicted octanol–water partition coefficient (Wildman–Crippen LogP) is 2.20. The topological polar surface area (TPSA) is 32.3 Å². The fraction of sp³-hybridized carbons (Fsp3) is 0.562. The van der Waals surface area contributed by atoms with Gasteiger partial charge in [0.1, 0.15) is 0 Å². The Morgan fingerprint density at radius 2 is 2.26 bits per heavy atom. The van der Waals surface area contributed by atoms with E-state index in [1.165, 1.54) is 30.4 Å². The third-order valence-corrected chi connectivity index (χ3v) is 4.47. The van der Waals surface area contributed by atoms with E-state index in [1.54, 1.807) is 0 Å². The lowest BCUT2D eigenvalue weighted by atomic mass is 9.85. The summed E-state index contributed by atoms with van der Waals surface area (Å²) in [6.07, 6.45) is 4.87. The molecule has 0 spiro atoms. The molecular weight excluding hydrogens is 236 g/mol. The molecule has 3 heteroatoms. The van der Waals surface area contributed by atoms with Crippen LogP contribution in [0.15, 0.2) is 18.2 Å². The van der Waals surface area contributed by atoms with Crippen LogP contribution in [0, 0.1) is 5.92 Å². The van der Waals surface area contributed by atoms with E-state index in [0.717, 1.165) is 37.5 Å². The Morgan fingerprint density at radius 1 is 1.42 bits per heavy atom. The van der Waals surface area contributed by atoms with Crippen LogP contribution in [0.4, 0.5) is 0 Å². The van der Waals surface area contributed by atoms with Gasteiger partial charge in [-0.05, 0) is 48.9 Å². The SMILES string of the molecule is CN(CC1CCC1)C(=O)c1cccc2c1CCNC2. The van der Waals surface area contributed by atoms with E-state index in [0.29, 0.717) is 0 Å². The van der Waals surface area contributed by atoms with Gasteiger partial charge in [0.05, 0.1) is 0 Å². The summed E-state index contributed by atoms with van der Waals surface area (Å²) in [6.45, 7) is 2.78. The Morgan fingerprint density at radius 3 is 3.00 bits per heavy atom. The molecule has 3 nitrogen and oxygen atoms in total. The molecular formula is C16H22N2O. The first kappa shape index (κ1) is 12.7. The van der Waals surface area contributed by atoms with Crippen molar-refractivity contribution in [3.63, 3.8) is 0 Å². The van der Waals surface area contributed by atoms with Gasteiger partial charge in [-0.25, -0.2) is 0 Å². The fourth-order valence-corrected chi connectivity index (χ4v) is 3.08. The highest BCUT2D eigenvalue weighted by molar-refractivity contribution is 5.96. The molecule has 0 saturated heterocycles. The van der Waals surface area contributed by atoms with E-state index < -0.39 is 0 Å². The first-order valence-corrected chi connectivity index (χ1v) is 7.32. The zero-order valence-corrected chi connectivity index (χ0v) is 11.6. The van der Waals surface area contributed by atoms with Crippen molar-refractivity contribution in [3.05, 3.63) is 34.9 Å². The van der Waals surface area contributed by atoms with E-state index in [-0.39, 0.29) is 5.91 Å². The molecule has 0 aromatic heterocycles. The average Bonchev–Trinajstić information content (AvgIpc) is 2.41. The van der Waals surface area contributed by atoms with Gasteiger partial charge in [0.15, 0.2) is 0 Å². The molecule has 3 rings (SSSR count). The molecule has 1 saturated carbocycles. The van der Waals surface area contributed by atoms with Crippen LogP contribution >= 0.6 is 0 Å². The minimum atomic E-state index is 0.200. The summed E-state index contributed by atoms with van der Waals surface area (Å²) in [5.74, 6) is 0.931. The van der Waals surface area contributed by atoms with Crippen LogP contribution in [0.3, 0.4) is 0 Å². The number of hydrogen-bond donors (Lipinski definition) is 1. The molecule has 1 aliphatic heterocycles. The van der Waals surface area contributed by atoms with Gasteiger partial charge in [-0.1, -0.05) is 18.6 Å². The molecule has 0 radical (unpaired) electrons. The molecule has 1 fully saturated rings. The van der Waals surface area contributed by atoms with Crippen LogP contribution in [0.25, 0.3) is 0 Å². The van der Waals surface area contributed by atoms with Crippen molar-refractivity contribution in [2.75, 3.05) is 20.1 Å². The van der Waals surface area contributed by atoms with Crippen LogP contribution < -0.4 is 5.32 Å². The Hall–Kier alpha value is -1.35. The van der Waals surface area contributed by atoms with E-state index in [1.807, 2.05) is 24.1 Å². The molecule has 1 heterocycles. The van der Waals surface area contributed by atoms with Crippen LogP contribution in [0.2, 0.25) is 0 Å². The van der Waals surface area contributed by atoms with Crippen molar-refractivity contribution in [3.8, 4) is 0 Å². The van der Waals surface area contributed by atoms with Crippen LogP contribution in [-0.2, 0) is 13.0 Å². The van der Waals surface area contributed by atoms with Crippen molar-refractivity contribution < 1.29 is 4.79 Å². The van der Waals surface area contributed by atoms with Crippen molar-refractivity contribution >= 4 is 5.91 Å². The van der Waals surface area contributed by atoms with Crippen molar-refractivity contribution in [2.24, 2.45) is 5.92 Å². The lowest BCUT2D eigenvalue weighted by Crippen LogP contribution is -2.35. The molecule has 0 atom stereocenters. The quantitative estimate of drug-likeness (QED) is 0.901. The molecule has 19 heavy (non-hydrogen) atoms. The standard InChI is InChI=1S/C16H22N2O/c1-18(11-12-4-2-5-12)16(19)15-7-3-6-13-10-17-9-8-14(13)15/h3,6-7,12,17H,2,4-5,8-11H2,1H3. The normalized spacial score (nSPS) is 18.6. The summed E-state index contributed by atoms with van der Waals surface area (Å²) in [6, 6.07) is 6.13. The summed E-state index contributed by atoms with van der Waals surface area (Å²) in [4.78, 5) is 14.5. The number of carbonyl (C=O) groups excluding carboxylic acids is 1. The highest BCUT2D eigenvalue weighted by Gasteiger charge is 2.24. The summed E-state index contributed by atoms with van der Waals surface area (Å²) in [5, 5.41) is 3.36. The number of hydrogen-bond acceptors (Lipinski definition) is 2. The largest absolute Gasteiger partial charge is 0.341 e. The number of nitrogens with one attached hydrogen (secondary N) is 1. The summed E-state index contributed by atoms with van der Waals surface area (Å²) in [7, 11) is 1.95. The van der Waals surface area contributed by atoms with Crippen molar-refractivity contribution in [2.45, 2.75) is 32.2 Å². The van der Waals surface area contributed by atoms with E-state index >= 15 is 0 Å². The van der Waals surface area contributed by atoms with Gasteiger partial charge in [-0.3, -0.25) is 4.79 Å². The molecule has 0 unspecified atom stereocenters. The highest BCUT2D eigenvalue weighted by atomic mass is 16.2. The van der Waals surface area contributed by atoms with E-state index in [9.17, 15) is 4.79 Å². The second-order valence-corrected chi connectivity index (χ2v) is 5.85. The fourth-order valence-electron chi connectivity index (χ4n) is 3.08. The van der Waals surface area contributed by atoms with Gasteiger partial charge in [0, 0.05) is 25.7 Å². The zero-order valence-electron chi connectivity index (χ0n) is 11.6. The molecule has 1 amide bonds. The van der Waals surface area contributed by atoms with Gasteiger partial charge in [-0.15, -0.1) is 0 Å². The molecule has 1 aromatic rings. The molecule has 1 aliphatic carbocycles. The molecule has 1 N–H and O–H groups in total. The summed E-state index contributed by atoms with van der Waals surface area (Å²) >= 11 is 0. The first-order valence-electron chi connectivity index (χ1n) is 7.32.